The van der Waals surface area contributed by atoms with Crippen molar-refractivity contribution in [1.29, 1.82) is 0 Å². The molecule has 2 atom stereocenters. The third kappa shape index (κ3) is 3.52. The number of aryl methyl sites for hydroxylation is 1. The van der Waals surface area contributed by atoms with Crippen molar-refractivity contribution < 1.29 is 13.2 Å². The summed E-state index contributed by atoms with van der Waals surface area (Å²) in [7, 11) is -3.80. The first-order valence-electron chi connectivity index (χ1n) is 8.37. The van der Waals surface area contributed by atoms with E-state index in [1.165, 1.54) is 18.6 Å². The molecule has 1 N–H and O–H groups in total. The topological polar surface area (TPSA) is 66.5 Å². The van der Waals surface area contributed by atoms with Crippen molar-refractivity contribution in [2.75, 3.05) is 6.54 Å². The number of rotatable bonds is 2. The second-order valence-electron chi connectivity index (χ2n) is 6.67. The lowest BCUT2D eigenvalue weighted by atomic mass is 9.78. The number of sulfonamides is 1. The number of amides is 2. The highest BCUT2D eigenvalue weighted by Crippen LogP contribution is 2.35. The molecule has 2 aliphatic rings. The average Bonchev–Trinajstić information content (AvgIpc) is 2.54. The van der Waals surface area contributed by atoms with E-state index in [0.717, 1.165) is 37.7 Å². The van der Waals surface area contributed by atoms with E-state index in [1.54, 1.807) is 17.0 Å². The van der Waals surface area contributed by atoms with Crippen molar-refractivity contribution in [3.63, 3.8) is 0 Å². The number of hydrogen-bond acceptors (Lipinski definition) is 3. The molecule has 1 aromatic rings. The summed E-state index contributed by atoms with van der Waals surface area (Å²) < 4.78 is 27.0. The Morgan fingerprint density at radius 2 is 1.74 bits per heavy atom. The lowest BCUT2D eigenvalue weighted by Crippen LogP contribution is -2.54. The zero-order valence-corrected chi connectivity index (χ0v) is 14.3. The fourth-order valence-corrected chi connectivity index (χ4v) is 4.79. The number of piperidine rings is 1. The van der Waals surface area contributed by atoms with Gasteiger partial charge in [0.15, 0.2) is 0 Å². The summed E-state index contributed by atoms with van der Waals surface area (Å²) in [6.45, 7) is 2.54. The third-order valence-electron chi connectivity index (χ3n) is 5.06. The minimum Gasteiger partial charge on any atom is -0.321 e. The largest absolute Gasteiger partial charge is 0.331 e. The molecule has 23 heavy (non-hydrogen) atoms. The van der Waals surface area contributed by atoms with Crippen molar-refractivity contribution in [2.24, 2.45) is 5.92 Å². The second-order valence-corrected chi connectivity index (χ2v) is 8.35. The summed E-state index contributed by atoms with van der Waals surface area (Å²) in [5.74, 6) is 0.533. The number of fused-ring (bicyclic) bond motifs is 1. The fraction of sp³-hybridized carbons (Fsp3) is 0.588. The Bertz CT molecular complexity index is 668. The molecule has 2 fully saturated rings. The molecule has 1 heterocycles. The first-order valence-corrected chi connectivity index (χ1v) is 9.86. The van der Waals surface area contributed by atoms with Crippen LogP contribution < -0.4 is 4.72 Å². The van der Waals surface area contributed by atoms with Gasteiger partial charge in [0, 0.05) is 12.6 Å². The highest BCUT2D eigenvalue weighted by Gasteiger charge is 2.36. The normalized spacial score (nSPS) is 24.8. The quantitative estimate of drug-likeness (QED) is 0.902. The summed E-state index contributed by atoms with van der Waals surface area (Å²) in [6.07, 6.45) is 6.59. The van der Waals surface area contributed by atoms with Crippen LogP contribution in [-0.4, -0.2) is 31.9 Å². The van der Waals surface area contributed by atoms with E-state index in [4.69, 9.17) is 0 Å². The summed E-state index contributed by atoms with van der Waals surface area (Å²) >= 11 is 0. The molecule has 1 aliphatic carbocycles. The average molecular weight is 336 g/mol. The maximum Gasteiger partial charge on any atom is 0.331 e. The van der Waals surface area contributed by atoms with Crippen molar-refractivity contribution in [3.8, 4) is 0 Å². The molecule has 0 bridgehead atoms. The van der Waals surface area contributed by atoms with E-state index in [1.807, 2.05) is 6.92 Å². The smallest absolute Gasteiger partial charge is 0.321 e. The van der Waals surface area contributed by atoms with Crippen LogP contribution in [0, 0.1) is 12.8 Å². The number of benzene rings is 1. The second kappa shape index (κ2) is 6.51. The Labute approximate surface area is 138 Å². The minimum atomic E-state index is -3.80. The molecule has 0 spiro atoms. The van der Waals surface area contributed by atoms with Crippen molar-refractivity contribution in [1.82, 2.24) is 9.62 Å². The van der Waals surface area contributed by atoms with Gasteiger partial charge in [-0.1, -0.05) is 30.5 Å². The first kappa shape index (κ1) is 16.3. The molecular weight excluding hydrogens is 312 g/mol. The maximum absolute atomic E-state index is 12.5. The standard InChI is InChI=1S/C17H24N2O3S/c1-13-8-10-15(11-9-13)23(21,22)18-17(20)19-12-4-6-14-5-2-3-7-16(14)19/h8-11,14,16H,2-7,12H2,1H3,(H,18,20). The van der Waals surface area contributed by atoms with Crippen LogP contribution >= 0.6 is 0 Å². The SMILES string of the molecule is Cc1ccc(S(=O)(=O)NC(=O)N2CCCC3CCCCC32)cc1. The van der Waals surface area contributed by atoms with Crippen LogP contribution in [0.2, 0.25) is 0 Å². The van der Waals surface area contributed by atoms with Gasteiger partial charge in [-0.15, -0.1) is 0 Å². The van der Waals surface area contributed by atoms with E-state index in [0.29, 0.717) is 12.5 Å². The van der Waals surface area contributed by atoms with E-state index >= 15 is 0 Å². The Hall–Kier alpha value is -1.56. The van der Waals surface area contributed by atoms with Crippen LogP contribution in [-0.2, 0) is 10.0 Å². The zero-order valence-electron chi connectivity index (χ0n) is 13.5. The number of carbonyl (C=O) groups is 1. The molecular formula is C17H24N2O3S. The summed E-state index contributed by atoms with van der Waals surface area (Å²) in [6, 6.07) is 6.26. The zero-order chi connectivity index (χ0) is 16.4. The van der Waals surface area contributed by atoms with Crippen LogP contribution in [0.25, 0.3) is 0 Å². The predicted octanol–water partition coefficient (Wildman–Crippen LogP) is 3.05. The summed E-state index contributed by atoms with van der Waals surface area (Å²) in [5, 5.41) is 0. The molecule has 2 unspecified atom stereocenters. The van der Waals surface area contributed by atoms with Crippen LogP contribution in [0.15, 0.2) is 29.2 Å². The van der Waals surface area contributed by atoms with Crippen LogP contribution in [0.1, 0.15) is 44.1 Å². The minimum absolute atomic E-state index is 0.133. The van der Waals surface area contributed by atoms with Gasteiger partial charge in [0.25, 0.3) is 10.0 Å². The van der Waals surface area contributed by atoms with Crippen LogP contribution in [0.5, 0.6) is 0 Å². The van der Waals surface area contributed by atoms with Crippen LogP contribution in [0.3, 0.4) is 0 Å². The first-order chi connectivity index (χ1) is 11.0. The highest BCUT2D eigenvalue weighted by molar-refractivity contribution is 7.90. The lowest BCUT2D eigenvalue weighted by Gasteiger charge is -2.43. The molecule has 1 aliphatic heterocycles. The predicted molar refractivity (Wildman–Crippen MR) is 88.6 cm³/mol. The van der Waals surface area contributed by atoms with Crippen LogP contribution in [0.4, 0.5) is 4.79 Å². The fourth-order valence-electron chi connectivity index (χ4n) is 3.83. The molecule has 1 saturated carbocycles. The molecule has 0 radical (unpaired) electrons. The molecule has 5 nitrogen and oxygen atoms in total. The van der Waals surface area contributed by atoms with Gasteiger partial charge < -0.3 is 4.90 Å². The Morgan fingerprint density at radius 1 is 1.09 bits per heavy atom. The molecule has 0 aromatic heterocycles. The molecule has 1 aromatic carbocycles. The van der Waals surface area contributed by atoms with Crippen molar-refractivity contribution in [3.05, 3.63) is 29.8 Å². The van der Waals surface area contributed by atoms with Gasteiger partial charge in [0.2, 0.25) is 0 Å². The van der Waals surface area contributed by atoms with E-state index < -0.39 is 16.1 Å². The number of hydrogen-bond donors (Lipinski definition) is 1. The number of nitrogens with one attached hydrogen (secondary N) is 1. The summed E-state index contributed by atoms with van der Waals surface area (Å²) in [5.41, 5.74) is 0.983. The van der Waals surface area contributed by atoms with Gasteiger partial charge >= 0.3 is 6.03 Å². The molecule has 126 valence electrons. The van der Waals surface area contributed by atoms with Gasteiger partial charge in [-0.3, -0.25) is 0 Å². The Morgan fingerprint density at radius 3 is 2.48 bits per heavy atom. The van der Waals surface area contributed by atoms with E-state index in [9.17, 15) is 13.2 Å². The molecule has 3 rings (SSSR count). The summed E-state index contributed by atoms with van der Waals surface area (Å²) in [4.78, 5) is 14.4. The molecule has 6 heteroatoms. The molecule has 2 amide bonds. The third-order valence-corrected chi connectivity index (χ3v) is 6.39. The number of urea groups is 1. The van der Waals surface area contributed by atoms with Crippen molar-refractivity contribution in [2.45, 2.75) is 56.4 Å². The van der Waals surface area contributed by atoms with E-state index in [2.05, 4.69) is 4.72 Å². The molecule has 1 saturated heterocycles. The lowest BCUT2D eigenvalue weighted by molar-refractivity contribution is 0.0869. The Balaban J connectivity index is 1.73. The number of nitrogens with zero attached hydrogens (tertiary/aromatic N) is 1. The monoisotopic (exact) mass is 336 g/mol. The van der Waals surface area contributed by atoms with Gasteiger partial charge in [0.05, 0.1) is 4.90 Å². The van der Waals surface area contributed by atoms with Gasteiger partial charge in [-0.2, -0.15) is 0 Å². The van der Waals surface area contributed by atoms with E-state index in [-0.39, 0.29) is 10.9 Å². The van der Waals surface area contributed by atoms with Gasteiger partial charge in [-0.05, 0) is 50.7 Å². The number of likely N-dealkylation sites (tertiary alicyclic amines) is 1. The highest BCUT2D eigenvalue weighted by atomic mass is 32.2. The van der Waals surface area contributed by atoms with Gasteiger partial charge in [0.1, 0.15) is 0 Å². The Kier molecular flexibility index (Phi) is 4.62. The maximum atomic E-state index is 12.5. The van der Waals surface area contributed by atoms with Crippen molar-refractivity contribution >= 4 is 16.1 Å². The number of carbonyl (C=O) groups excluding carboxylic acids is 1. The van der Waals surface area contributed by atoms with Gasteiger partial charge in [-0.25, -0.2) is 17.9 Å².